The van der Waals surface area contributed by atoms with E-state index in [-0.39, 0.29) is 0 Å². The minimum Gasteiger partial charge on any atom is -0.398 e. The number of hydrogen-bond acceptors (Lipinski definition) is 4. The summed E-state index contributed by atoms with van der Waals surface area (Å²) in [5.74, 6) is 0.843. The standard InChI is InChI=1S/C16H21N3O/c17-15-4-5-16(14-10-18-8-6-13(14)15)19-7-1-9-20-11-12-2-3-12/h4-6,8,10,12,19H,1-3,7,9,11,17H2. The molecule has 0 amide bonds. The molecule has 1 aliphatic rings. The largest absolute Gasteiger partial charge is 0.398 e. The number of nitrogen functional groups attached to an aromatic ring is 1. The van der Waals surface area contributed by atoms with E-state index in [0.29, 0.717) is 0 Å². The zero-order valence-electron chi connectivity index (χ0n) is 11.6. The number of anilines is 2. The highest BCUT2D eigenvalue weighted by Gasteiger charge is 2.20. The van der Waals surface area contributed by atoms with Crippen molar-refractivity contribution in [3.8, 4) is 0 Å². The van der Waals surface area contributed by atoms with Crippen LogP contribution in [0.25, 0.3) is 10.8 Å². The molecule has 106 valence electrons. The van der Waals surface area contributed by atoms with Gasteiger partial charge in [-0.15, -0.1) is 0 Å². The molecule has 1 aromatic carbocycles. The highest BCUT2D eigenvalue weighted by atomic mass is 16.5. The molecule has 0 saturated heterocycles. The normalized spacial score (nSPS) is 14.6. The van der Waals surface area contributed by atoms with Crippen LogP contribution in [0.15, 0.2) is 30.6 Å². The molecule has 1 saturated carbocycles. The maximum Gasteiger partial charge on any atom is 0.0494 e. The molecule has 0 spiro atoms. The Morgan fingerprint density at radius 2 is 2.15 bits per heavy atom. The molecule has 20 heavy (non-hydrogen) atoms. The van der Waals surface area contributed by atoms with E-state index in [1.54, 1.807) is 6.20 Å². The molecule has 2 aromatic rings. The number of fused-ring (bicyclic) bond motifs is 1. The van der Waals surface area contributed by atoms with E-state index >= 15 is 0 Å². The van der Waals surface area contributed by atoms with Gasteiger partial charge in [-0.1, -0.05) is 0 Å². The molecule has 0 radical (unpaired) electrons. The molecule has 3 N–H and O–H groups in total. The molecule has 0 atom stereocenters. The second-order valence-corrected chi connectivity index (χ2v) is 5.42. The smallest absolute Gasteiger partial charge is 0.0494 e. The lowest BCUT2D eigenvalue weighted by Gasteiger charge is -2.11. The van der Waals surface area contributed by atoms with Crippen LogP contribution in [-0.2, 0) is 4.74 Å². The lowest BCUT2D eigenvalue weighted by atomic mass is 10.1. The minimum absolute atomic E-state index is 0.792. The van der Waals surface area contributed by atoms with E-state index in [2.05, 4.69) is 10.3 Å². The van der Waals surface area contributed by atoms with Crippen molar-refractivity contribution in [3.63, 3.8) is 0 Å². The monoisotopic (exact) mass is 271 g/mol. The Balaban J connectivity index is 1.53. The Labute approximate surface area is 119 Å². The molecule has 4 nitrogen and oxygen atoms in total. The highest BCUT2D eigenvalue weighted by molar-refractivity contribution is 6.00. The molecule has 0 aliphatic heterocycles. The number of ether oxygens (including phenoxy) is 1. The Hall–Kier alpha value is -1.81. The minimum atomic E-state index is 0.792. The third-order valence-electron chi connectivity index (χ3n) is 3.68. The number of nitrogens with one attached hydrogen (secondary N) is 1. The van der Waals surface area contributed by atoms with Crippen molar-refractivity contribution in [2.45, 2.75) is 19.3 Å². The van der Waals surface area contributed by atoms with Gasteiger partial charge < -0.3 is 15.8 Å². The number of aromatic nitrogens is 1. The average Bonchev–Trinajstić information content (AvgIpc) is 3.29. The molecule has 1 aromatic heterocycles. The summed E-state index contributed by atoms with van der Waals surface area (Å²) in [5.41, 5.74) is 7.86. The second kappa shape index (κ2) is 6.09. The summed E-state index contributed by atoms with van der Waals surface area (Å²) in [6, 6.07) is 5.91. The van der Waals surface area contributed by atoms with Gasteiger partial charge in [-0.25, -0.2) is 0 Å². The predicted octanol–water partition coefficient (Wildman–Crippen LogP) is 3.05. The van der Waals surface area contributed by atoms with Crippen molar-refractivity contribution in [2.75, 3.05) is 30.8 Å². The number of nitrogens with two attached hydrogens (primary N) is 1. The molecule has 4 heteroatoms. The third kappa shape index (κ3) is 3.20. The van der Waals surface area contributed by atoms with Gasteiger partial charge in [0.15, 0.2) is 0 Å². The van der Waals surface area contributed by atoms with E-state index in [1.165, 1.54) is 12.8 Å². The van der Waals surface area contributed by atoms with E-state index in [4.69, 9.17) is 10.5 Å². The van der Waals surface area contributed by atoms with E-state index in [9.17, 15) is 0 Å². The summed E-state index contributed by atoms with van der Waals surface area (Å²) in [7, 11) is 0. The van der Waals surface area contributed by atoms with Crippen LogP contribution in [0.2, 0.25) is 0 Å². The maximum atomic E-state index is 5.98. The summed E-state index contributed by atoms with van der Waals surface area (Å²) in [6.07, 6.45) is 7.34. The zero-order chi connectivity index (χ0) is 13.8. The topological polar surface area (TPSA) is 60.2 Å². The van der Waals surface area contributed by atoms with Crippen molar-refractivity contribution in [1.82, 2.24) is 4.98 Å². The number of pyridine rings is 1. The van der Waals surface area contributed by atoms with Gasteiger partial charge in [0.25, 0.3) is 0 Å². The number of rotatable bonds is 7. The van der Waals surface area contributed by atoms with Gasteiger partial charge in [0, 0.05) is 54.3 Å². The van der Waals surface area contributed by atoms with Gasteiger partial charge in [0.2, 0.25) is 0 Å². The first-order valence-electron chi connectivity index (χ1n) is 7.28. The Morgan fingerprint density at radius 3 is 3.00 bits per heavy atom. The maximum absolute atomic E-state index is 5.98. The van der Waals surface area contributed by atoms with Gasteiger partial charge in [0.05, 0.1) is 0 Å². The van der Waals surface area contributed by atoms with Crippen LogP contribution in [0, 0.1) is 5.92 Å². The first kappa shape index (κ1) is 13.2. The van der Waals surface area contributed by atoms with Gasteiger partial charge in [-0.2, -0.15) is 0 Å². The van der Waals surface area contributed by atoms with Gasteiger partial charge in [0.1, 0.15) is 0 Å². The van der Waals surface area contributed by atoms with Crippen LogP contribution >= 0.6 is 0 Å². The molecule has 1 fully saturated rings. The molecule has 0 unspecified atom stereocenters. The second-order valence-electron chi connectivity index (χ2n) is 5.42. The fourth-order valence-corrected chi connectivity index (χ4v) is 2.30. The summed E-state index contributed by atoms with van der Waals surface area (Å²) in [4.78, 5) is 4.18. The molecular formula is C16H21N3O. The molecule has 3 rings (SSSR count). The van der Waals surface area contributed by atoms with Crippen molar-refractivity contribution < 1.29 is 4.74 Å². The number of hydrogen-bond donors (Lipinski definition) is 2. The predicted molar refractivity (Wildman–Crippen MR) is 82.8 cm³/mol. The molecular weight excluding hydrogens is 250 g/mol. The third-order valence-corrected chi connectivity index (χ3v) is 3.68. The van der Waals surface area contributed by atoms with Crippen LogP contribution in [0.1, 0.15) is 19.3 Å². The van der Waals surface area contributed by atoms with Crippen molar-refractivity contribution >= 4 is 22.1 Å². The van der Waals surface area contributed by atoms with E-state index in [0.717, 1.165) is 54.2 Å². The molecule has 1 heterocycles. The summed E-state index contributed by atoms with van der Waals surface area (Å²) in [5, 5.41) is 5.57. The molecule has 0 bridgehead atoms. The SMILES string of the molecule is Nc1ccc(NCCCOCC2CC2)c2cnccc12. The number of nitrogens with zero attached hydrogens (tertiary/aromatic N) is 1. The first-order valence-corrected chi connectivity index (χ1v) is 7.28. The lowest BCUT2D eigenvalue weighted by molar-refractivity contribution is 0.124. The Morgan fingerprint density at radius 1 is 1.25 bits per heavy atom. The Kier molecular flexibility index (Phi) is 4.02. The summed E-state index contributed by atoms with van der Waals surface area (Å²) >= 11 is 0. The average molecular weight is 271 g/mol. The van der Waals surface area contributed by atoms with E-state index < -0.39 is 0 Å². The summed E-state index contributed by atoms with van der Waals surface area (Å²) in [6.45, 7) is 2.67. The van der Waals surface area contributed by atoms with Gasteiger partial charge in [-0.05, 0) is 43.4 Å². The Bertz CT molecular complexity index is 581. The van der Waals surface area contributed by atoms with E-state index in [1.807, 2.05) is 24.4 Å². The van der Waals surface area contributed by atoms with Crippen molar-refractivity contribution in [3.05, 3.63) is 30.6 Å². The van der Waals surface area contributed by atoms with Crippen molar-refractivity contribution in [1.29, 1.82) is 0 Å². The fourth-order valence-electron chi connectivity index (χ4n) is 2.30. The number of benzene rings is 1. The molecule has 1 aliphatic carbocycles. The van der Waals surface area contributed by atoms with Crippen LogP contribution in [0.5, 0.6) is 0 Å². The van der Waals surface area contributed by atoms with Crippen LogP contribution in [0.3, 0.4) is 0 Å². The summed E-state index contributed by atoms with van der Waals surface area (Å²) < 4.78 is 5.63. The van der Waals surface area contributed by atoms with Crippen molar-refractivity contribution in [2.24, 2.45) is 5.92 Å². The van der Waals surface area contributed by atoms with Gasteiger partial charge >= 0.3 is 0 Å². The van der Waals surface area contributed by atoms with Crippen LogP contribution in [0.4, 0.5) is 11.4 Å². The fraction of sp³-hybridized carbons (Fsp3) is 0.438. The first-order chi connectivity index (χ1) is 9.84. The van der Waals surface area contributed by atoms with Crippen LogP contribution < -0.4 is 11.1 Å². The van der Waals surface area contributed by atoms with Gasteiger partial charge in [-0.3, -0.25) is 4.98 Å². The van der Waals surface area contributed by atoms with Crippen LogP contribution in [-0.4, -0.2) is 24.7 Å². The lowest BCUT2D eigenvalue weighted by Crippen LogP contribution is -2.07. The quantitative estimate of drug-likeness (QED) is 0.600. The zero-order valence-corrected chi connectivity index (χ0v) is 11.6. The highest BCUT2D eigenvalue weighted by Crippen LogP contribution is 2.29.